The van der Waals surface area contributed by atoms with Crippen molar-refractivity contribution >= 4 is 63.8 Å². The highest BCUT2D eigenvalue weighted by atomic mass is 35.5. The van der Waals surface area contributed by atoms with Crippen LogP contribution in [0.2, 0.25) is 20.1 Å². The molecular formula is C19H15Cl4NO3. The highest BCUT2D eigenvalue weighted by Crippen LogP contribution is 2.42. The first-order valence-corrected chi connectivity index (χ1v) is 9.80. The number of carboxylic acid groups (broad SMARTS) is 1. The topological polar surface area (TPSA) is 57.6 Å². The van der Waals surface area contributed by atoms with Crippen LogP contribution in [0, 0.1) is 0 Å². The van der Waals surface area contributed by atoms with Crippen molar-refractivity contribution in [1.82, 2.24) is 0 Å². The second-order valence-corrected chi connectivity index (χ2v) is 7.68. The van der Waals surface area contributed by atoms with Crippen LogP contribution in [0.15, 0.2) is 18.2 Å². The summed E-state index contributed by atoms with van der Waals surface area (Å²) < 4.78 is 0. The lowest BCUT2D eigenvalue weighted by molar-refractivity contribution is 0.0693. The van der Waals surface area contributed by atoms with Gasteiger partial charge >= 0.3 is 5.97 Å². The molecule has 27 heavy (non-hydrogen) atoms. The third kappa shape index (κ3) is 3.52. The van der Waals surface area contributed by atoms with Gasteiger partial charge in [-0.05, 0) is 43.5 Å². The number of ketones is 1. The fourth-order valence-corrected chi connectivity index (χ4v) is 4.35. The number of rotatable bonds is 4. The van der Waals surface area contributed by atoms with Crippen molar-refractivity contribution in [2.75, 3.05) is 18.0 Å². The zero-order valence-corrected chi connectivity index (χ0v) is 17.3. The molecule has 0 amide bonds. The third-order valence-corrected chi connectivity index (χ3v) is 6.45. The van der Waals surface area contributed by atoms with Gasteiger partial charge in [-0.15, -0.1) is 0 Å². The summed E-state index contributed by atoms with van der Waals surface area (Å²) in [6.07, 6.45) is 1.83. The summed E-state index contributed by atoms with van der Waals surface area (Å²) in [5.41, 5.74) is 1.73. The second kappa shape index (κ2) is 7.88. The van der Waals surface area contributed by atoms with Crippen LogP contribution in [0.5, 0.6) is 0 Å². The number of carbonyl (C=O) groups excluding carboxylic acids is 1. The predicted molar refractivity (Wildman–Crippen MR) is 110 cm³/mol. The van der Waals surface area contributed by atoms with E-state index in [1.54, 1.807) is 12.1 Å². The number of fused-ring (bicyclic) bond motifs is 1. The van der Waals surface area contributed by atoms with E-state index in [1.807, 2.05) is 6.07 Å². The molecule has 0 bridgehead atoms. The van der Waals surface area contributed by atoms with Crippen molar-refractivity contribution < 1.29 is 14.7 Å². The summed E-state index contributed by atoms with van der Waals surface area (Å²) in [5.74, 6) is -1.96. The van der Waals surface area contributed by atoms with E-state index in [4.69, 9.17) is 46.4 Å². The van der Waals surface area contributed by atoms with E-state index < -0.39 is 17.3 Å². The SMILES string of the molecule is CCN1CCCc2cc(C(=O)c3c(Cl)c(Cl)c(Cl)c(Cl)c3C(=O)O)ccc21. The number of carbonyl (C=O) groups is 2. The number of aryl methyl sites for hydroxylation is 1. The van der Waals surface area contributed by atoms with Gasteiger partial charge in [0.25, 0.3) is 0 Å². The molecule has 1 N–H and O–H groups in total. The molecule has 1 aliphatic heterocycles. The summed E-state index contributed by atoms with van der Waals surface area (Å²) in [6.45, 7) is 3.91. The number of anilines is 1. The quantitative estimate of drug-likeness (QED) is 0.355. The number of aromatic carboxylic acids is 1. The van der Waals surface area contributed by atoms with E-state index in [-0.39, 0.29) is 25.7 Å². The van der Waals surface area contributed by atoms with Crippen molar-refractivity contribution in [3.63, 3.8) is 0 Å². The summed E-state index contributed by atoms with van der Waals surface area (Å²) in [5, 5.41) is 8.67. The molecule has 0 spiro atoms. The summed E-state index contributed by atoms with van der Waals surface area (Å²) in [6, 6.07) is 5.31. The number of nitrogens with zero attached hydrogens (tertiary/aromatic N) is 1. The van der Waals surface area contributed by atoms with Gasteiger partial charge in [-0.1, -0.05) is 46.4 Å². The lowest BCUT2D eigenvalue weighted by Gasteiger charge is -2.30. The van der Waals surface area contributed by atoms with E-state index in [0.29, 0.717) is 5.56 Å². The van der Waals surface area contributed by atoms with E-state index in [9.17, 15) is 14.7 Å². The maximum Gasteiger partial charge on any atom is 0.338 e. The first kappa shape index (κ1) is 20.3. The van der Waals surface area contributed by atoms with Gasteiger partial charge in [0.1, 0.15) is 0 Å². The Morgan fingerprint density at radius 2 is 1.67 bits per heavy atom. The first-order valence-electron chi connectivity index (χ1n) is 8.29. The molecule has 2 aromatic rings. The maximum absolute atomic E-state index is 13.1. The Balaban J connectivity index is 2.16. The molecule has 0 unspecified atom stereocenters. The van der Waals surface area contributed by atoms with Crippen LogP contribution in [0.1, 0.15) is 45.2 Å². The minimum Gasteiger partial charge on any atom is -0.478 e. The Morgan fingerprint density at radius 1 is 1.04 bits per heavy atom. The van der Waals surface area contributed by atoms with Crippen LogP contribution in [0.3, 0.4) is 0 Å². The monoisotopic (exact) mass is 445 g/mol. The lowest BCUT2D eigenvalue weighted by Crippen LogP contribution is -2.29. The van der Waals surface area contributed by atoms with E-state index in [1.165, 1.54) is 0 Å². The largest absolute Gasteiger partial charge is 0.478 e. The smallest absolute Gasteiger partial charge is 0.338 e. The third-order valence-electron chi connectivity index (χ3n) is 4.65. The Hall–Kier alpha value is -1.46. The van der Waals surface area contributed by atoms with E-state index in [2.05, 4.69) is 11.8 Å². The maximum atomic E-state index is 13.1. The lowest BCUT2D eigenvalue weighted by atomic mass is 9.93. The van der Waals surface area contributed by atoms with Crippen LogP contribution in [-0.4, -0.2) is 29.9 Å². The fraction of sp³-hybridized carbons (Fsp3) is 0.263. The molecular weight excluding hydrogens is 432 g/mol. The van der Waals surface area contributed by atoms with Gasteiger partial charge in [0.15, 0.2) is 5.78 Å². The van der Waals surface area contributed by atoms with Crippen molar-refractivity contribution in [2.24, 2.45) is 0 Å². The predicted octanol–water partition coefficient (Wildman–Crippen LogP) is 6.00. The van der Waals surface area contributed by atoms with Gasteiger partial charge in [0, 0.05) is 24.3 Å². The molecule has 0 saturated carbocycles. The van der Waals surface area contributed by atoms with Gasteiger partial charge in [-0.2, -0.15) is 0 Å². The number of benzene rings is 2. The summed E-state index contributed by atoms with van der Waals surface area (Å²) in [4.78, 5) is 27.1. The van der Waals surface area contributed by atoms with E-state index >= 15 is 0 Å². The fourth-order valence-electron chi connectivity index (χ4n) is 3.33. The highest BCUT2D eigenvalue weighted by Gasteiger charge is 2.30. The normalized spacial score (nSPS) is 13.4. The molecule has 1 aliphatic rings. The summed E-state index contributed by atoms with van der Waals surface area (Å²) in [7, 11) is 0. The Kier molecular flexibility index (Phi) is 5.92. The van der Waals surface area contributed by atoms with E-state index in [0.717, 1.165) is 37.2 Å². The van der Waals surface area contributed by atoms with Gasteiger partial charge in [0.2, 0.25) is 0 Å². The van der Waals surface area contributed by atoms with Crippen molar-refractivity contribution in [2.45, 2.75) is 19.8 Å². The standard InChI is InChI=1S/C19H15Cl4NO3/c1-2-24-7-3-4-9-8-10(5-6-11(9)24)18(25)12-13(19(26)27)15(21)17(23)16(22)14(12)20/h5-6,8H,2-4,7H2,1H3,(H,26,27). The van der Waals surface area contributed by atoms with Crippen LogP contribution < -0.4 is 4.90 Å². The molecule has 2 aromatic carbocycles. The van der Waals surface area contributed by atoms with Crippen LogP contribution in [-0.2, 0) is 6.42 Å². The van der Waals surface area contributed by atoms with Crippen molar-refractivity contribution in [3.05, 3.63) is 60.5 Å². The molecule has 142 valence electrons. The van der Waals surface area contributed by atoms with Gasteiger partial charge in [-0.3, -0.25) is 4.79 Å². The molecule has 0 atom stereocenters. The van der Waals surface area contributed by atoms with Gasteiger partial charge in [-0.25, -0.2) is 4.79 Å². The second-order valence-electron chi connectivity index (χ2n) is 6.17. The Morgan fingerprint density at radius 3 is 2.26 bits per heavy atom. The molecule has 0 fully saturated rings. The molecule has 1 heterocycles. The summed E-state index contributed by atoms with van der Waals surface area (Å²) >= 11 is 24.2. The average Bonchev–Trinajstić information content (AvgIpc) is 2.67. The zero-order chi connectivity index (χ0) is 19.9. The van der Waals surface area contributed by atoms with Crippen molar-refractivity contribution in [3.8, 4) is 0 Å². The highest BCUT2D eigenvalue weighted by molar-refractivity contribution is 6.54. The number of hydrogen-bond donors (Lipinski definition) is 1. The number of carboxylic acids is 1. The number of hydrogen-bond acceptors (Lipinski definition) is 3. The van der Waals surface area contributed by atoms with Gasteiger partial charge < -0.3 is 10.0 Å². The van der Waals surface area contributed by atoms with Crippen LogP contribution >= 0.6 is 46.4 Å². The Bertz CT molecular complexity index is 959. The minimum absolute atomic E-state index is 0.146. The molecule has 0 radical (unpaired) electrons. The molecule has 3 rings (SSSR count). The molecule has 4 nitrogen and oxygen atoms in total. The molecule has 0 aromatic heterocycles. The molecule has 8 heteroatoms. The molecule has 0 aliphatic carbocycles. The zero-order valence-electron chi connectivity index (χ0n) is 14.3. The van der Waals surface area contributed by atoms with Crippen LogP contribution in [0.4, 0.5) is 5.69 Å². The van der Waals surface area contributed by atoms with Crippen LogP contribution in [0.25, 0.3) is 0 Å². The average molecular weight is 447 g/mol. The number of halogens is 4. The Labute approximate surface area is 176 Å². The van der Waals surface area contributed by atoms with Gasteiger partial charge in [0.05, 0.1) is 31.2 Å². The molecule has 0 saturated heterocycles. The van der Waals surface area contributed by atoms with Crippen molar-refractivity contribution in [1.29, 1.82) is 0 Å². The first-order chi connectivity index (χ1) is 12.8. The minimum atomic E-state index is -1.40.